The lowest BCUT2D eigenvalue weighted by Gasteiger charge is -1.94. The second kappa shape index (κ2) is 3.34. The highest BCUT2D eigenvalue weighted by Gasteiger charge is 2.09. The highest BCUT2D eigenvalue weighted by molar-refractivity contribution is 7.16. The van der Waals surface area contributed by atoms with E-state index in [1.165, 1.54) is 11.3 Å². The number of carbonyl (C=O) groups excluding carboxylic acids is 1. The molecule has 0 saturated heterocycles. The van der Waals surface area contributed by atoms with Gasteiger partial charge in [0.15, 0.2) is 5.78 Å². The van der Waals surface area contributed by atoms with Gasteiger partial charge in [0, 0.05) is 26.4 Å². The number of hydrogen-bond donors (Lipinski definition) is 0. The molecule has 0 fully saturated rings. The minimum absolute atomic E-state index is 0.0518. The molecule has 0 saturated carbocycles. The van der Waals surface area contributed by atoms with Crippen molar-refractivity contribution in [3.8, 4) is 10.7 Å². The van der Waals surface area contributed by atoms with E-state index in [-0.39, 0.29) is 5.78 Å². The molecule has 0 atom stereocenters. The summed E-state index contributed by atoms with van der Waals surface area (Å²) >= 11 is 1.39. The first kappa shape index (κ1) is 9.08. The number of carbonyl (C=O) groups is 1. The van der Waals surface area contributed by atoms with Crippen LogP contribution in [0.5, 0.6) is 0 Å². The van der Waals surface area contributed by atoms with Gasteiger partial charge in [0.25, 0.3) is 0 Å². The minimum Gasteiger partial charge on any atom is -0.294 e. The van der Waals surface area contributed by atoms with Crippen molar-refractivity contribution < 1.29 is 4.79 Å². The molecule has 0 radical (unpaired) electrons. The zero-order chi connectivity index (χ0) is 10.1. The lowest BCUT2D eigenvalue weighted by atomic mass is 10.4. The molecule has 0 unspecified atom stereocenters. The highest BCUT2D eigenvalue weighted by Crippen LogP contribution is 2.24. The zero-order valence-electron chi connectivity index (χ0n) is 7.89. The third-order valence-corrected chi connectivity index (χ3v) is 3.01. The Morgan fingerprint density at radius 2 is 2.36 bits per heavy atom. The van der Waals surface area contributed by atoms with Gasteiger partial charge in [-0.25, -0.2) is 4.98 Å². The average Bonchev–Trinajstić information content (AvgIpc) is 2.71. The first-order chi connectivity index (χ1) is 6.68. The van der Waals surface area contributed by atoms with E-state index in [2.05, 4.69) is 10.1 Å². The van der Waals surface area contributed by atoms with Crippen LogP contribution in [0.3, 0.4) is 0 Å². The normalized spacial score (nSPS) is 10.4. The summed E-state index contributed by atoms with van der Waals surface area (Å²) in [6.07, 6.45) is 3.32. The Morgan fingerprint density at radius 1 is 1.57 bits per heavy atom. The molecule has 0 N–H and O–H groups in total. The molecule has 2 aromatic heterocycles. The Balaban J connectivity index is 2.43. The second-order valence-electron chi connectivity index (χ2n) is 2.93. The molecule has 2 heterocycles. The van der Waals surface area contributed by atoms with Crippen molar-refractivity contribution in [2.24, 2.45) is 7.05 Å². The summed E-state index contributed by atoms with van der Waals surface area (Å²) in [4.78, 5) is 15.9. The van der Waals surface area contributed by atoms with Crippen LogP contribution in [0.15, 0.2) is 18.5 Å². The van der Waals surface area contributed by atoms with Crippen LogP contribution in [0.4, 0.5) is 0 Å². The van der Waals surface area contributed by atoms with Gasteiger partial charge in [-0.05, 0) is 6.07 Å². The molecular formula is C9H9N3OS. The molecule has 4 nitrogen and oxygen atoms in total. The molecule has 0 bridgehead atoms. The number of aryl methyl sites for hydroxylation is 1. The number of rotatable bonds is 2. The molecular weight excluding hydrogens is 198 g/mol. The number of aromatic nitrogens is 3. The molecule has 72 valence electrons. The molecule has 0 aliphatic rings. The van der Waals surface area contributed by atoms with E-state index in [0.717, 1.165) is 10.7 Å². The monoisotopic (exact) mass is 207 g/mol. The van der Waals surface area contributed by atoms with Crippen LogP contribution in [0.25, 0.3) is 10.7 Å². The summed E-state index contributed by atoms with van der Waals surface area (Å²) in [6, 6.07) is 1.88. The number of Topliss-reactive ketones (excluding diaryl/α,β-unsaturated/α-hetero) is 1. The van der Waals surface area contributed by atoms with Crippen LogP contribution < -0.4 is 0 Å². The molecule has 2 aromatic rings. The van der Waals surface area contributed by atoms with Crippen molar-refractivity contribution in [1.82, 2.24) is 14.8 Å². The van der Waals surface area contributed by atoms with Crippen LogP contribution in [-0.2, 0) is 7.05 Å². The van der Waals surface area contributed by atoms with Crippen molar-refractivity contribution in [3.63, 3.8) is 0 Å². The van der Waals surface area contributed by atoms with Gasteiger partial charge in [-0.1, -0.05) is 0 Å². The van der Waals surface area contributed by atoms with Crippen LogP contribution in [0.1, 0.15) is 16.6 Å². The van der Waals surface area contributed by atoms with E-state index in [4.69, 9.17) is 0 Å². The van der Waals surface area contributed by atoms with Crippen molar-refractivity contribution in [2.45, 2.75) is 6.92 Å². The number of ketones is 1. The van der Waals surface area contributed by atoms with Gasteiger partial charge in [0.2, 0.25) is 0 Å². The van der Waals surface area contributed by atoms with Gasteiger partial charge in [0.1, 0.15) is 5.01 Å². The van der Waals surface area contributed by atoms with Gasteiger partial charge >= 0.3 is 0 Å². The summed E-state index contributed by atoms with van der Waals surface area (Å²) in [7, 11) is 1.85. The van der Waals surface area contributed by atoms with E-state index in [1.54, 1.807) is 24.0 Å². The van der Waals surface area contributed by atoms with Crippen molar-refractivity contribution in [1.29, 1.82) is 0 Å². The number of nitrogens with zero attached hydrogens (tertiary/aromatic N) is 3. The fourth-order valence-corrected chi connectivity index (χ4v) is 2.01. The average molecular weight is 207 g/mol. The summed E-state index contributed by atoms with van der Waals surface area (Å²) in [6.45, 7) is 1.54. The third kappa shape index (κ3) is 1.46. The van der Waals surface area contributed by atoms with Gasteiger partial charge < -0.3 is 0 Å². The van der Waals surface area contributed by atoms with E-state index in [1.807, 2.05) is 13.1 Å². The largest absolute Gasteiger partial charge is 0.294 e. The second-order valence-corrected chi connectivity index (χ2v) is 3.96. The summed E-state index contributed by atoms with van der Waals surface area (Å²) in [5.74, 6) is 0.0518. The first-order valence-electron chi connectivity index (χ1n) is 4.13. The van der Waals surface area contributed by atoms with Crippen LogP contribution in [-0.4, -0.2) is 20.5 Å². The Hall–Kier alpha value is -1.49. The molecule has 0 amide bonds. The topological polar surface area (TPSA) is 47.8 Å². The van der Waals surface area contributed by atoms with E-state index in [0.29, 0.717) is 4.88 Å². The fraction of sp³-hybridized carbons (Fsp3) is 0.222. The lowest BCUT2D eigenvalue weighted by Crippen LogP contribution is -1.92. The Kier molecular flexibility index (Phi) is 2.17. The highest BCUT2D eigenvalue weighted by atomic mass is 32.1. The molecule has 0 spiro atoms. The van der Waals surface area contributed by atoms with Gasteiger partial charge in [0.05, 0.1) is 10.6 Å². The first-order valence-corrected chi connectivity index (χ1v) is 4.95. The standard InChI is InChI=1S/C9H9N3OS/c1-6(13)8-5-10-9(14-8)7-3-4-11-12(7)2/h3-5H,1-2H3. The summed E-state index contributed by atoms with van der Waals surface area (Å²) in [5.41, 5.74) is 0.933. The Bertz CT molecular complexity index is 472. The summed E-state index contributed by atoms with van der Waals surface area (Å²) < 4.78 is 1.74. The van der Waals surface area contributed by atoms with Gasteiger partial charge in [-0.15, -0.1) is 11.3 Å². The van der Waals surface area contributed by atoms with E-state index >= 15 is 0 Å². The minimum atomic E-state index is 0.0518. The predicted octanol–water partition coefficient (Wildman–Crippen LogP) is 1.75. The van der Waals surface area contributed by atoms with Crippen LogP contribution in [0.2, 0.25) is 0 Å². The smallest absolute Gasteiger partial charge is 0.171 e. The van der Waals surface area contributed by atoms with E-state index in [9.17, 15) is 4.79 Å². The molecule has 0 aliphatic heterocycles. The number of hydrogen-bond acceptors (Lipinski definition) is 4. The molecule has 0 aromatic carbocycles. The van der Waals surface area contributed by atoms with Crippen molar-refractivity contribution in [3.05, 3.63) is 23.3 Å². The van der Waals surface area contributed by atoms with Crippen molar-refractivity contribution >= 4 is 17.1 Å². The van der Waals surface area contributed by atoms with Crippen LogP contribution in [0, 0.1) is 0 Å². The van der Waals surface area contributed by atoms with Gasteiger partial charge in [-0.2, -0.15) is 5.10 Å². The maximum atomic E-state index is 11.1. The molecule has 0 aliphatic carbocycles. The zero-order valence-corrected chi connectivity index (χ0v) is 8.71. The summed E-state index contributed by atoms with van der Waals surface area (Å²) in [5, 5.41) is 4.87. The molecule has 5 heteroatoms. The van der Waals surface area contributed by atoms with E-state index < -0.39 is 0 Å². The third-order valence-electron chi connectivity index (χ3n) is 1.89. The number of thiazole rings is 1. The Labute approximate surface area is 85.2 Å². The predicted molar refractivity (Wildman–Crippen MR) is 54.3 cm³/mol. The fourth-order valence-electron chi connectivity index (χ4n) is 1.14. The SMILES string of the molecule is CC(=O)c1cnc(-c2ccnn2C)s1. The van der Waals surface area contributed by atoms with Crippen LogP contribution >= 0.6 is 11.3 Å². The maximum absolute atomic E-state index is 11.1. The van der Waals surface area contributed by atoms with Crippen molar-refractivity contribution in [2.75, 3.05) is 0 Å². The lowest BCUT2D eigenvalue weighted by molar-refractivity contribution is 0.102. The molecule has 2 rings (SSSR count). The Morgan fingerprint density at radius 3 is 2.86 bits per heavy atom. The quantitative estimate of drug-likeness (QED) is 0.705. The van der Waals surface area contributed by atoms with Gasteiger partial charge in [-0.3, -0.25) is 9.48 Å². The maximum Gasteiger partial charge on any atom is 0.171 e. The molecule has 14 heavy (non-hydrogen) atoms.